The molecule has 0 aromatic heterocycles. The lowest BCUT2D eigenvalue weighted by atomic mass is 9.89. The third-order valence-corrected chi connectivity index (χ3v) is 3.99. The summed E-state index contributed by atoms with van der Waals surface area (Å²) in [4.78, 5) is 40.4. The number of benzene rings is 1. The van der Waals surface area contributed by atoms with E-state index >= 15 is 0 Å². The normalized spacial score (nSPS) is 18.4. The smallest absolute Gasteiger partial charge is 0.308 e. The monoisotopic (exact) mass is 407 g/mol. The second kappa shape index (κ2) is 8.38. The molecule has 0 spiro atoms. The number of primary amides is 1. The van der Waals surface area contributed by atoms with Crippen molar-refractivity contribution in [1.29, 1.82) is 0 Å². The van der Waals surface area contributed by atoms with E-state index in [0.29, 0.717) is 22.8 Å². The summed E-state index contributed by atoms with van der Waals surface area (Å²) in [6.07, 6.45) is -0.579. The molecule has 10 heteroatoms. The van der Waals surface area contributed by atoms with Crippen LogP contribution in [0.4, 0.5) is 0 Å². The van der Waals surface area contributed by atoms with Crippen molar-refractivity contribution >= 4 is 23.5 Å². The van der Waals surface area contributed by atoms with Crippen molar-refractivity contribution in [1.82, 2.24) is 5.32 Å². The van der Waals surface area contributed by atoms with Gasteiger partial charge in [0.15, 0.2) is 18.1 Å². The first-order chi connectivity index (χ1) is 13.5. The van der Waals surface area contributed by atoms with Gasteiger partial charge in [0.2, 0.25) is 5.60 Å². The van der Waals surface area contributed by atoms with Crippen molar-refractivity contribution in [2.75, 3.05) is 13.7 Å². The summed E-state index contributed by atoms with van der Waals surface area (Å²) < 4.78 is 10.5. The van der Waals surface area contributed by atoms with Crippen LogP contribution in [0.5, 0.6) is 11.5 Å². The number of methoxy groups -OCH3 is 1. The Morgan fingerprint density at radius 1 is 1.31 bits per heavy atom. The zero-order valence-corrected chi connectivity index (χ0v) is 16.8. The predicted octanol–water partition coefficient (Wildman–Crippen LogP) is 0.812. The summed E-state index contributed by atoms with van der Waals surface area (Å²) in [6, 6.07) is 4.79. The maximum Gasteiger partial charge on any atom is 0.308 e. The first kappa shape index (κ1) is 22.0. The average molecular weight is 407 g/mol. The molecule has 1 unspecified atom stereocenters. The lowest BCUT2D eigenvalue weighted by Gasteiger charge is -2.29. The standard InChI is InChI=1S/C19H25N3O7/c1-18(2,3)21-17(26)19(9-16(24)25)8-12(22-29-19)11-5-6-13(14(7-11)27-4)28-10-15(20)23/h5-7H,8-10H2,1-4H3,(H2,20,23)(H,21,26)(H,24,25). The Labute approximate surface area is 168 Å². The SMILES string of the molecule is COc1cc(C2=NOC(CC(=O)O)(C(=O)NC(C)(C)C)C2)ccc1OCC(N)=O. The fraction of sp³-hybridized carbons (Fsp3) is 0.474. The number of amides is 2. The highest BCUT2D eigenvalue weighted by Crippen LogP contribution is 2.34. The summed E-state index contributed by atoms with van der Waals surface area (Å²) in [5, 5.41) is 16.0. The van der Waals surface area contributed by atoms with Crippen LogP contribution in [0.15, 0.2) is 23.4 Å². The van der Waals surface area contributed by atoms with E-state index in [4.69, 9.17) is 20.0 Å². The van der Waals surface area contributed by atoms with Crippen molar-refractivity contribution < 1.29 is 33.8 Å². The zero-order chi connectivity index (χ0) is 21.8. The Morgan fingerprint density at radius 3 is 2.55 bits per heavy atom. The molecule has 158 valence electrons. The molecule has 2 amide bonds. The topological polar surface area (TPSA) is 150 Å². The fourth-order valence-electron chi connectivity index (χ4n) is 2.74. The predicted molar refractivity (Wildman–Crippen MR) is 103 cm³/mol. The first-order valence-electron chi connectivity index (χ1n) is 8.85. The fourth-order valence-corrected chi connectivity index (χ4v) is 2.74. The number of nitrogens with two attached hydrogens (primary N) is 1. The second-order valence-corrected chi connectivity index (χ2v) is 7.70. The molecule has 0 saturated heterocycles. The van der Waals surface area contributed by atoms with Crippen LogP contribution in [-0.4, -0.2) is 53.5 Å². The van der Waals surface area contributed by atoms with Crippen LogP contribution in [0.25, 0.3) is 0 Å². The quantitative estimate of drug-likeness (QED) is 0.577. The van der Waals surface area contributed by atoms with Crippen LogP contribution >= 0.6 is 0 Å². The summed E-state index contributed by atoms with van der Waals surface area (Å²) in [6.45, 7) is 5.04. The van der Waals surface area contributed by atoms with Crippen LogP contribution in [-0.2, 0) is 19.2 Å². The average Bonchev–Trinajstić information content (AvgIpc) is 3.03. The summed E-state index contributed by atoms with van der Waals surface area (Å²) >= 11 is 0. The Bertz CT molecular complexity index is 845. The molecule has 0 bridgehead atoms. The van der Waals surface area contributed by atoms with E-state index in [2.05, 4.69) is 10.5 Å². The van der Waals surface area contributed by atoms with Gasteiger partial charge in [0.1, 0.15) is 0 Å². The van der Waals surface area contributed by atoms with E-state index in [0.717, 1.165) is 0 Å². The Hall–Kier alpha value is -3.30. The second-order valence-electron chi connectivity index (χ2n) is 7.70. The van der Waals surface area contributed by atoms with Crippen molar-refractivity contribution in [2.45, 2.75) is 44.8 Å². The van der Waals surface area contributed by atoms with Crippen molar-refractivity contribution in [2.24, 2.45) is 10.9 Å². The Balaban J connectivity index is 2.27. The number of aliphatic carboxylic acids is 1. The van der Waals surface area contributed by atoms with E-state index < -0.39 is 35.3 Å². The number of hydrogen-bond donors (Lipinski definition) is 3. The molecule has 1 aliphatic heterocycles. The minimum Gasteiger partial charge on any atom is -0.493 e. The molecule has 0 radical (unpaired) electrons. The van der Waals surface area contributed by atoms with Gasteiger partial charge in [-0.15, -0.1) is 0 Å². The minimum atomic E-state index is -1.65. The van der Waals surface area contributed by atoms with Gasteiger partial charge in [-0.25, -0.2) is 0 Å². The first-order valence-corrected chi connectivity index (χ1v) is 8.85. The van der Waals surface area contributed by atoms with Gasteiger partial charge in [0.25, 0.3) is 11.8 Å². The van der Waals surface area contributed by atoms with Crippen molar-refractivity contribution in [3.05, 3.63) is 23.8 Å². The number of oxime groups is 1. The number of carbonyl (C=O) groups excluding carboxylic acids is 2. The van der Waals surface area contributed by atoms with Gasteiger partial charge in [-0.2, -0.15) is 0 Å². The van der Waals surface area contributed by atoms with Crippen molar-refractivity contribution in [3.63, 3.8) is 0 Å². The third kappa shape index (κ3) is 5.59. The lowest BCUT2D eigenvalue weighted by Crippen LogP contribution is -2.54. The number of carbonyl (C=O) groups is 3. The summed E-state index contributed by atoms with van der Waals surface area (Å²) in [7, 11) is 1.43. The van der Waals surface area contributed by atoms with Crippen LogP contribution in [0.2, 0.25) is 0 Å². The summed E-state index contributed by atoms with van der Waals surface area (Å²) in [5.74, 6) is -1.75. The molecule has 0 fully saturated rings. The van der Waals surface area contributed by atoms with Gasteiger partial charge < -0.3 is 30.5 Å². The molecular weight excluding hydrogens is 382 g/mol. The van der Waals surface area contributed by atoms with E-state index in [1.807, 2.05) is 0 Å². The van der Waals surface area contributed by atoms with Gasteiger partial charge in [0, 0.05) is 17.5 Å². The molecule has 0 saturated carbocycles. The molecule has 4 N–H and O–H groups in total. The molecule has 1 aromatic rings. The molecule has 0 aliphatic carbocycles. The molecule has 1 heterocycles. The highest BCUT2D eigenvalue weighted by molar-refractivity contribution is 6.06. The molecule has 1 aliphatic rings. The van der Waals surface area contributed by atoms with E-state index in [1.54, 1.807) is 39.0 Å². The Kier molecular flexibility index (Phi) is 6.35. The van der Waals surface area contributed by atoms with Crippen LogP contribution in [0.3, 0.4) is 0 Å². The number of rotatable bonds is 8. The Morgan fingerprint density at radius 2 is 2.00 bits per heavy atom. The molecule has 1 atom stereocenters. The number of nitrogens with zero attached hydrogens (tertiary/aromatic N) is 1. The number of carboxylic acids is 1. The molecule has 1 aromatic carbocycles. The van der Waals surface area contributed by atoms with E-state index in [-0.39, 0.29) is 13.0 Å². The van der Waals surface area contributed by atoms with Gasteiger partial charge in [0.05, 0.1) is 19.2 Å². The van der Waals surface area contributed by atoms with E-state index in [9.17, 15) is 19.5 Å². The van der Waals surface area contributed by atoms with Crippen molar-refractivity contribution in [3.8, 4) is 11.5 Å². The van der Waals surface area contributed by atoms with Crippen LogP contribution < -0.4 is 20.5 Å². The number of carboxylic acid groups (broad SMARTS) is 1. The van der Waals surface area contributed by atoms with Crippen LogP contribution in [0, 0.1) is 0 Å². The maximum atomic E-state index is 12.8. The van der Waals surface area contributed by atoms with Gasteiger partial charge in [-0.3, -0.25) is 14.4 Å². The van der Waals surface area contributed by atoms with Crippen LogP contribution in [0.1, 0.15) is 39.2 Å². The minimum absolute atomic E-state index is 0.0359. The maximum absolute atomic E-state index is 12.8. The lowest BCUT2D eigenvalue weighted by molar-refractivity contribution is -0.157. The molecule has 2 rings (SSSR count). The largest absolute Gasteiger partial charge is 0.493 e. The molecule has 10 nitrogen and oxygen atoms in total. The highest BCUT2D eigenvalue weighted by atomic mass is 16.7. The zero-order valence-electron chi connectivity index (χ0n) is 16.8. The van der Waals surface area contributed by atoms with Gasteiger partial charge in [-0.05, 0) is 39.0 Å². The number of hydrogen-bond acceptors (Lipinski definition) is 7. The van der Waals surface area contributed by atoms with E-state index in [1.165, 1.54) is 7.11 Å². The van der Waals surface area contributed by atoms with Gasteiger partial charge >= 0.3 is 5.97 Å². The summed E-state index contributed by atoms with van der Waals surface area (Å²) in [5.41, 5.74) is 3.80. The third-order valence-electron chi connectivity index (χ3n) is 3.99. The number of ether oxygens (including phenoxy) is 2. The van der Waals surface area contributed by atoms with Gasteiger partial charge in [-0.1, -0.05) is 5.16 Å². The highest BCUT2D eigenvalue weighted by Gasteiger charge is 2.49. The number of nitrogens with one attached hydrogen (secondary N) is 1. The molecule has 29 heavy (non-hydrogen) atoms. The molecular formula is C19H25N3O7.